The molecule has 0 N–H and O–H groups in total. The molecule has 51 valence electrons. The molecule has 6 nitrogen and oxygen atoms in total. The van der Waals surface area contributed by atoms with E-state index < -0.39 is 67.2 Å². The summed E-state index contributed by atoms with van der Waals surface area (Å²) in [4.78, 5) is 0. The van der Waals surface area contributed by atoms with Crippen LogP contribution in [0.25, 0.3) is 0 Å². The zero-order valence-corrected chi connectivity index (χ0v) is 8.87. The minimum atomic E-state index is -4.47. The fourth-order valence-corrected chi connectivity index (χ4v) is 0. The second kappa shape index (κ2) is 8.41. The summed E-state index contributed by atoms with van der Waals surface area (Å²) in [5.74, 6) is 0. The van der Waals surface area contributed by atoms with Gasteiger partial charge in [-0.3, -0.25) is 0 Å². The molecule has 0 heterocycles. The van der Waals surface area contributed by atoms with E-state index in [-0.39, 0.29) is 0 Å². The molecule has 0 aliphatic heterocycles. The van der Waals surface area contributed by atoms with Gasteiger partial charge in [-0.2, -0.15) is 0 Å². The van der Waals surface area contributed by atoms with E-state index in [0.29, 0.717) is 0 Å². The monoisotopic (exact) mass is 403 g/mol. The van der Waals surface area contributed by atoms with Gasteiger partial charge in [0, 0.05) is 0 Å². The van der Waals surface area contributed by atoms with Crippen molar-refractivity contribution in [2.45, 2.75) is 0 Å². The zero-order chi connectivity index (χ0) is 7.15. The fraction of sp³-hybridized carbons (Fsp3) is 0. The van der Waals surface area contributed by atoms with Crippen molar-refractivity contribution in [3.05, 3.63) is 0 Å². The minimum absolute atomic E-state index is 3.89. The quantitative estimate of drug-likeness (QED) is 0.529. The molecule has 0 aromatic heterocycles. The van der Waals surface area contributed by atoms with Crippen LogP contribution in [0.4, 0.5) is 0 Å². The van der Waals surface area contributed by atoms with Crippen molar-refractivity contribution in [3.8, 4) is 0 Å². The van der Waals surface area contributed by atoms with Crippen LogP contribution in [0.1, 0.15) is 0 Å². The summed E-state index contributed by atoms with van der Waals surface area (Å²) < 4.78 is 51.6. The van der Waals surface area contributed by atoms with Crippen molar-refractivity contribution >= 4 is 0 Å². The molecule has 0 aliphatic carbocycles. The predicted molar refractivity (Wildman–Crippen MR) is 4.12 cm³/mol. The third kappa shape index (κ3) is 153. The molecular formula is ErO6Pr. The van der Waals surface area contributed by atoms with Crippen LogP contribution in [-0.2, 0) is 7.44 Å². The average Bonchev–Trinajstić information content (AvgIpc) is 1.25. The molecule has 0 rings (SSSR count). The maximum atomic E-state index is 8.64. The van der Waals surface area contributed by atoms with Crippen LogP contribution in [-0.4, -0.2) is 0 Å². The molecule has 0 aromatic rings. The van der Waals surface area contributed by atoms with E-state index in [1.165, 1.54) is 0 Å². The van der Waals surface area contributed by atoms with Crippen LogP contribution < -0.4 is 0 Å². The summed E-state index contributed by atoms with van der Waals surface area (Å²) in [7, 11) is 0. The maximum absolute atomic E-state index is 8.64. The SMILES string of the molecule is [O]=[Er](=[O])=[O].[O]=[Pr](=[O])=[O]. The van der Waals surface area contributed by atoms with E-state index in [4.69, 9.17) is 7.44 Å². The molecule has 0 unspecified atom stereocenters. The van der Waals surface area contributed by atoms with E-state index in [2.05, 4.69) is 0 Å². The topological polar surface area (TPSA) is 102 Å². The Kier molecular flexibility index (Phi) is 12.7. The Hall–Kier alpha value is 1.41. The van der Waals surface area contributed by atoms with Crippen molar-refractivity contribution in [2.24, 2.45) is 0 Å². The normalized spacial score (nSPS) is 7.12. The molecule has 0 spiro atoms. The van der Waals surface area contributed by atoms with Crippen molar-refractivity contribution in [1.82, 2.24) is 0 Å². The summed E-state index contributed by atoms with van der Waals surface area (Å²) >= 11 is -8.36. The first-order valence-electron chi connectivity index (χ1n) is 1.06. The number of hydrogen-bond acceptors (Lipinski definition) is 6. The molecule has 0 aliphatic rings. The summed E-state index contributed by atoms with van der Waals surface area (Å²) in [5, 5.41) is 0. The summed E-state index contributed by atoms with van der Waals surface area (Å²) in [6.07, 6.45) is 0. The Bertz CT molecular complexity index is 177. The van der Waals surface area contributed by atoms with Crippen molar-refractivity contribution < 1.29 is 74.6 Å². The van der Waals surface area contributed by atoms with Crippen LogP contribution in [0.15, 0.2) is 0 Å². The van der Waals surface area contributed by atoms with Gasteiger partial charge in [0.15, 0.2) is 0 Å². The van der Waals surface area contributed by atoms with E-state index in [1.54, 1.807) is 0 Å². The van der Waals surface area contributed by atoms with Crippen LogP contribution in [0.3, 0.4) is 0 Å². The Balaban J connectivity index is 0. The van der Waals surface area contributed by atoms with Crippen LogP contribution in [0.5, 0.6) is 0 Å². The summed E-state index contributed by atoms with van der Waals surface area (Å²) in [6.45, 7) is 0. The first-order valence-corrected chi connectivity index (χ1v) is 7.87. The Morgan fingerprint density at radius 2 is 0.875 bits per heavy atom. The van der Waals surface area contributed by atoms with Gasteiger partial charge in [0.05, 0.1) is 0 Å². The molecule has 0 saturated carbocycles. The van der Waals surface area contributed by atoms with Crippen LogP contribution in [0, 0.1) is 67.2 Å². The van der Waals surface area contributed by atoms with Crippen LogP contribution >= 0.6 is 0 Å². The van der Waals surface area contributed by atoms with Gasteiger partial charge in [0.25, 0.3) is 0 Å². The molecule has 0 bridgehead atoms. The zero-order valence-electron chi connectivity index (χ0n) is 3.32. The van der Waals surface area contributed by atoms with E-state index in [9.17, 15) is 0 Å². The fourth-order valence-electron chi connectivity index (χ4n) is 0. The van der Waals surface area contributed by atoms with Crippen molar-refractivity contribution in [1.29, 1.82) is 0 Å². The number of hydrogen-bond donors (Lipinski definition) is 0. The molecule has 0 saturated heterocycles. The predicted octanol–water partition coefficient (Wildman–Crippen LogP) is -0.713. The van der Waals surface area contributed by atoms with E-state index in [0.717, 1.165) is 0 Å². The first kappa shape index (κ1) is 12.1. The molecule has 0 amide bonds. The Labute approximate surface area is 72.6 Å². The van der Waals surface area contributed by atoms with E-state index in [1.807, 2.05) is 0 Å². The second-order valence-electron chi connectivity index (χ2n) is 0.433. The Morgan fingerprint density at radius 1 is 0.875 bits per heavy atom. The molecule has 0 fully saturated rings. The van der Waals surface area contributed by atoms with Crippen molar-refractivity contribution in [2.75, 3.05) is 0 Å². The average molecular weight is 404 g/mol. The number of rotatable bonds is 0. The summed E-state index contributed by atoms with van der Waals surface area (Å²) in [6, 6.07) is 0. The first-order chi connectivity index (χ1) is 3.46. The Morgan fingerprint density at radius 3 is 0.875 bits per heavy atom. The standard InChI is InChI=1S/Er.6O.Pr. The molecule has 0 radical (unpaired) electrons. The summed E-state index contributed by atoms with van der Waals surface area (Å²) in [5.41, 5.74) is 0. The van der Waals surface area contributed by atoms with Gasteiger partial charge in [0.2, 0.25) is 0 Å². The molecule has 0 aromatic carbocycles. The van der Waals surface area contributed by atoms with Crippen molar-refractivity contribution in [3.63, 3.8) is 0 Å². The molecule has 8 heteroatoms. The van der Waals surface area contributed by atoms with Gasteiger partial charge in [-0.1, -0.05) is 0 Å². The van der Waals surface area contributed by atoms with Crippen LogP contribution in [0.2, 0.25) is 0 Å². The molecule has 8 heavy (non-hydrogen) atoms. The van der Waals surface area contributed by atoms with Gasteiger partial charge in [0.1, 0.15) is 0 Å². The van der Waals surface area contributed by atoms with Gasteiger partial charge in [-0.15, -0.1) is 0 Å². The van der Waals surface area contributed by atoms with Gasteiger partial charge < -0.3 is 0 Å². The van der Waals surface area contributed by atoms with E-state index >= 15 is 0 Å². The van der Waals surface area contributed by atoms with Gasteiger partial charge in [-0.25, -0.2) is 0 Å². The third-order valence-corrected chi connectivity index (χ3v) is 0. The third-order valence-electron chi connectivity index (χ3n) is 0. The van der Waals surface area contributed by atoms with Gasteiger partial charge in [-0.05, 0) is 0 Å². The second-order valence-corrected chi connectivity index (χ2v) is 3.21. The van der Waals surface area contributed by atoms with Gasteiger partial charge >= 0.3 is 74.6 Å². The molecular weight excluding hydrogens is 404 g/mol. The molecule has 0 atom stereocenters.